The highest BCUT2D eigenvalue weighted by atomic mass is 16.1. The van der Waals surface area contributed by atoms with Gasteiger partial charge in [-0.1, -0.05) is 25.3 Å². The largest absolute Gasteiger partial charge is 0.339 e. The van der Waals surface area contributed by atoms with Crippen molar-refractivity contribution >= 4 is 22.4 Å². The molecule has 4 aromatic rings. The number of nitrogens with zero attached hydrogens (tertiary/aromatic N) is 3. The van der Waals surface area contributed by atoms with Gasteiger partial charge in [-0.25, -0.2) is 0 Å². The van der Waals surface area contributed by atoms with Crippen LogP contribution in [0.25, 0.3) is 22.0 Å². The zero-order chi connectivity index (χ0) is 22.2. The molecule has 1 aliphatic rings. The molecule has 164 valence electrons. The van der Waals surface area contributed by atoms with E-state index in [9.17, 15) is 4.79 Å². The second-order valence-electron chi connectivity index (χ2n) is 9.00. The zero-order valence-corrected chi connectivity index (χ0v) is 18.9. The maximum Gasteiger partial charge on any atom is 0.258 e. The van der Waals surface area contributed by atoms with Gasteiger partial charge in [0.15, 0.2) is 5.82 Å². The van der Waals surface area contributed by atoms with Gasteiger partial charge in [0.05, 0.1) is 5.52 Å². The van der Waals surface area contributed by atoms with Crippen LogP contribution in [0.2, 0.25) is 0 Å². The molecule has 1 aliphatic carbocycles. The molecule has 1 aromatic carbocycles. The van der Waals surface area contributed by atoms with Gasteiger partial charge in [-0.15, -0.1) is 0 Å². The highest BCUT2D eigenvalue weighted by molar-refractivity contribution is 5.85. The molecule has 0 saturated heterocycles. The van der Waals surface area contributed by atoms with E-state index in [2.05, 4.69) is 26.6 Å². The average Bonchev–Trinajstić information content (AvgIpc) is 3.27. The fraction of sp³-hybridized carbons (Fsp3) is 0.346. The van der Waals surface area contributed by atoms with E-state index < -0.39 is 0 Å². The lowest BCUT2D eigenvalue weighted by Crippen LogP contribution is -2.19. The van der Waals surface area contributed by atoms with E-state index in [-0.39, 0.29) is 5.56 Å². The molecular weight excluding hydrogens is 398 g/mol. The first-order chi connectivity index (χ1) is 15.5. The molecule has 0 aliphatic heterocycles. The SMILES string of the molecule is Cc1cc2c(cn1)cc(-c1cc(Nc3cc(C4CCCCC4)[nH]n3)ccc1C)c(=O)n2C. The molecule has 1 saturated carbocycles. The lowest BCUT2D eigenvalue weighted by Gasteiger charge is -2.19. The molecule has 3 heterocycles. The first-order valence-electron chi connectivity index (χ1n) is 11.4. The Morgan fingerprint density at radius 1 is 1.03 bits per heavy atom. The Labute approximate surface area is 187 Å². The Hall–Kier alpha value is -3.41. The fourth-order valence-corrected chi connectivity index (χ4v) is 4.82. The molecule has 6 heteroatoms. The number of hydrogen-bond donors (Lipinski definition) is 2. The van der Waals surface area contributed by atoms with Crippen molar-refractivity contribution in [2.24, 2.45) is 7.05 Å². The number of hydrogen-bond acceptors (Lipinski definition) is 4. The predicted octanol–water partition coefficient (Wildman–Crippen LogP) is 5.73. The lowest BCUT2D eigenvalue weighted by atomic mass is 9.87. The standard InChI is InChI=1S/C26H29N5O/c1-16-9-10-20(28-25-14-23(29-30-25)18-7-5-4-6-8-18)13-21(16)22-12-19-15-27-17(2)11-24(19)31(3)26(22)32/h9-15,18H,4-8H2,1-3H3,(H2,28,29,30). The maximum atomic E-state index is 13.2. The van der Waals surface area contributed by atoms with Crippen LogP contribution in [-0.2, 0) is 7.05 Å². The maximum absolute atomic E-state index is 13.2. The number of fused-ring (bicyclic) bond motifs is 1. The molecule has 0 bridgehead atoms. The van der Waals surface area contributed by atoms with E-state index in [1.165, 1.54) is 37.8 Å². The summed E-state index contributed by atoms with van der Waals surface area (Å²) in [4.78, 5) is 17.6. The van der Waals surface area contributed by atoms with Gasteiger partial charge in [0, 0.05) is 53.3 Å². The van der Waals surface area contributed by atoms with Crippen LogP contribution in [-0.4, -0.2) is 19.7 Å². The second-order valence-corrected chi connectivity index (χ2v) is 9.00. The van der Waals surface area contributed by atoms with Crippen molar-refractivity contribution in [2.45, 2.75) is 51.9 Å². The summed E-state index contributed by atoms with van der Waals surface area (Å²) < 4.78 is 1.71. The zero-order valence-electron chi connectivity index (χ0n) is 18.9. The number of aryl methyl sites for hydroxylation is 3. The Morgan fingerprint density at radius 2 is 1.84 bits per heavy atom. The summed E-state index contributed by atoms with van der Waals surface area (Å²) in [6.07, 6.45) is 8.23. The Morgan fingerprint density at radius 3 is 2.66 bits per heavy atom. The number of aromatic nitrogens is 4. The smallest absolute Gasteiger partial charge is 0.258 e. The van der Waals surface area contributed by atoms with E-state index in [1.807, 2.05) is 57.4 Å². The number of pyridine rings is 2. The molecular formula is C26H29N5O. The number of benzene rings is 1. The molecule has 2 N–H and O–H groups in total. The summed E-state index contributed by atoms with van der Waals surface area (Å²) in [5.74, 6) is 1.39. The van der Waals surface area contributed by atoms with Gasteiger partial charge in [0.2, 0.25) is 0 Å². The molecule has 5 rings (SSSR count). The highest BCUT2D eigenvalue weighted by Gasteiger charge is 2.18. The summed E-state index contributed by atoms with van der Waals surface area (Å²) in [6, 6.07) is 12.1. The van der Waals surface area contributed by atoms with Gasteiger partial charge in [0.25, 0.3) is 5.56 Å². The molecule has 0 radical (unpaired) electrons. The van der Waals surface area contributed by atoms with Crippen LogP contribution in [0.15, 0.2) is 47.4 Å². The van der Waals surface area contributed by atoms with Crippen molar-refractivity contribution in [2.75, 3.05) is 5.32 Å². The molecule has 0 spiro atoms. The third-order valence-corrected chi connectivity index (χ3v) is 6.69. The molecule has 0 unspecified atom stereocenters. The van der Waals surface area contributed by atoms with Gasteiger partial charge in [-0.2, -0.15) is 5.10 Å². The van der Waals surface area contributed by atoms with Crippen LogP contribution in [0.4, 0.5) is 11.5 Å². The van der Waals surface area contributed by atoms with Crippen molar-refractivity contribution in [3.05, 3.63) is 69.9 Å². The number of aromatic amines is 1. The Kier molecular flexibility index (Phi) is 5.29. The summed E-state index contributed by atoms with van der Waals surface area (Å²) >= 11 is 0. The number of anilines is 2. The first-order valence-corrected chi connectivity index (χ1v) is 11.4. The van der Waals surface area contributed by atoms with Crippen molar-refractivity contribution in [3.8, 4) is 11.1 Å². The summed E-state index contributed by atoms with van der Waals surface area (Å²) in [7, 11) is 1.82. The number of H-pyrrole nitrogens is 1. The minimum Gasteiger partial charge on any atom is -0.339 e. The van der Waals surface area contributed by atoms with Crippen molar-refractivity contribution in [1.29, 1.82) is 0 Å². The molecule has 6 nitrogen and oxygen atoms in total. The molecule has 1 fully saturated rings. The molecule has 3 aromatic heterocycles. The van der Waals surface area contributed by atoms with Crippen LogP contribution in [0.3, 0.4) is 0 Å². The van der Waals surface area contributed by atoms with E-state index in [0.29, 0.717) is 11.5 Å². The van der Waals surface area contributed by atoms with Crippen LogP contribution >= 0.6 is 0 Å². The van der Waals surface area contributed by atoms with E-state index in [4.69, 9.17) is 0 Å². The number of rotatable bonds is 4. The van der Waals surface area contributed by atoms with E-state index in [0.717, 1.165) is 39.2 Å². The first kappa shape index (κ1) is 20.5. The third-order valence-electron chi connectivity index (χ3n) is 6.69. The molecule has 0 atom stereocenters. The van der Waals surface area contributed by atoms with Crippen molar-refractivity contribution in [1.82, 2.24) is 19.7 Å². The van der Waals surface area contributed by atoms with Gasteiger partial charge >= 0.3 is 0 Å². The minimum atomic E-state index is -0.0114. The van der Waals surface area contributed by atoms with Crippen molar-refractivity contribution < 1.29 is 0 Å². The highest BCUT2D eigenvalue weighted by Crippen LogP contribution is 2.33. The van der Waals surface area contributed by atoms with E-state index >= 15 is 0 Å². The normalized spacial score (nSPS) is 14.7. The minimum absolute atomic E-state index is 0.0114. The van der Waals surface area contributed by atoms with Crippen molar-refractivity contribution in [3.63, 3.8) is 0 Å². The van der Waals surface area contributed by atoms with Gasteiger partial charge in [-0.05, 0) is 62.1 Å². The van der Waals surface area contributed by atoms with Gasteiger partial charge in [0.1, 0.15) is 0 Å². The summed E-state index contributed by atoms with van der Waals surface area (Å²) in [5, 5.41) is 12.1. The lowest BCUT2D eigenvalue weighted by molar-refractivity contribution is 0.436. The van der Waals surface area contributed by atoms with Crippen LogP contribution in [0.5, 0.6) is 0 Å². The Bertz CT molecular complexity index is 1340. The fourth-order valence-electron chi connectivity index (χ4n) is 4.82. The summed E-state index contributed by atoms with van der Waals surface area (Å²) in [6.45, 7) is 3.97. The van der Waals surface area contributed by atoms with Crippen LogP contribution in [0, 0.1) is 13.8 Å². The van der Waals surface area contributed by atoms with Gasteiger partial charge in [-0.3, -0.25) is 14.9 Å². The van der Waals surface area contributed by atoms with Crippen LogP contribution < -0.4 is 10.9 Å². The number of nitrogens with one attached hydrogen (secondary N) is 2. The Balaban J connectivity index is 1.48. The van der Waals surface area contributed by atoms with Crippen LogP contribution in [0.1, 0.15) is 55.0 Å². The average molecular weight is 428 g/mol. The summed E-state index contributed by atoms with van der Waals surface area (Å²) in [5.41, 5.74) is 6.55. The topological polar surface area (TPSA) is 75.6 Å². The molecule has 0 amide bonds. The predicted molar refractivity (Wildman–Crippen MR) is 130 cm³/mol. The van der Waals surface area contributed by atoms with Gasteiger partial charge < -0.3 is 9.88 Å². The second kappa shape index (κ2) is 8.26. The molecule has 32 heavy (non-hydrogen) atoms. The quantitative estimate of drug-likeness (QED) is 0.436. The van der Waals surface area contributed by atoms with E-state index in [1.54, 1.807) is 4.57 Å². The third kappa shape index (κ3) is 3.81. The monoisotopic (exact) mass is 427 g/mol.